The lowest BCUT2D eigenvalue weighted by molar-refractivity contribution is -0.134. The van der Waals surface area contributed by atoms with Crippen molar-refractivity contribution in [2.24, 2.45) is 0 Å². The van der Waals surface area contributed by atoms with Crippen molar-refractivity contribution >= 4 is 17.5 Å². The number of nitrogens with zero attached hydrogens (tertiary/aromatic N) is 1. The molecule has 0 N–H and O–H groups in total. The Labute approximate surface area is 146 Å². The first-order valence-corrected chi connectivity index (χ1v) is 8.37. The Balaban J connectivity index is 1.65. The van der Waals surface area contributed by atoms with Crippen LogP contribution in [0.4, 0.5) is 0 Å². The Kier molecular flexibility index (Phi) is 5.26. The molecular formula is C19H20ClNO3. The van der Waals surface area contributed by atoms with Crippen molar-refractivity contribution in [1.29, 1.82) is 0 Å². The van der Waals surface area contributed by atoms with E-state index in [1.165, 1.54) is 0 Å². The third-order valence-corrected chi connectivity index (χ3v) is 4.45. The van der Waals surface area contributed by atoms with Crippen molar-refractivity contribution in [3.05, 3.63) is 59.1 Å². The predicted molar refractivity (Wildman–Crippen MR) is 93.6 cm³/mol. The molecule has 1 unspecified atom stereocenters. The van der Waals surface area contributed by atoms with Crippen molar-refractivity contribution in [1.82, 2.24) is 4.90 Å². The number of amides is 1. The van der Waals surface area contributed by atoms with Gasteiger partial charge in [-0.1, -0.05) is 29.8 Å². The molecule has 1 aliphatic rings. The van der Waals surface area contributed by atoms with E-state index in [-0.39, 0.29) is 18.6 Å². The van der Waals surface area contributed by atoms with E-state index >= 15 is 0 Å². The number of ether oxygens (including phenoxy) is 2. The van der Waals surface area contributed by atoms with Gasteiger partial charge in [0.25, 0.3) is 5.91 Å². The van der Waals surface area contributed by atoms with E-state index < -0.39 is 0 Å². The minimum Gasteiger partial charge on any atom is -0.497 e. The molecule has 3 rings (SSSR count). The van der Waals surface area contributed by atoms with Gasteiger partial charge in [0.1, 0.15) is 11.5 Å². The highest BCUT2D eigenvalue weighted by molar-refractivity contribution is 6.30. The van der Waals surface area contributed by atoms with Crippen molar-refractivity contribution in [2.45, 2.75) is 18.9 Å². The van der Waals surface area contributed by atoms with Crippen LogP contribution >= 0.6 is 11.6 Å². The largest absolute Gasteiger partial charge is 0.497 e. The zero-order chi connectivity index (χ0) is 16.9. The lowest BCUT2D eigenvalue weighted by Crippen LogP contribution is -2.34. The Morgan fingerprint density at radius 3 is 2.79 bits per heavy atom. The molecule has 0 aromatic heterocycles. The molecule has 126 valence electrons. The number of carbonyl (C=O) groups is 1. The van der Waals surface area contributed by atoms with Gasteiger partial charge < -0.3 is 14.4 Å². The van der Waals surface area contributed by atoms with E-state index in [0.717, 1.165) is 24.9 Å². The van der Waals surface area contributed by atoms with Crippen LogP contribution in [0.5, 0.6) is 11.5 Å². The normalized spacial score (nSPS) is 16.9. The van der Waals surface area contributed by atoms with Gasteiger partial charge in [-0.25, -0.2) is 0 Å². The zero-order valence-corrected chi connectivity index (χ0v) is 14.3. The average Bonchev–Trinajstić information content (AvgIpc) is 3.10. The first kappa shape index (κ1) is 16.7. The second-order valence-electron chi connectivity index (χ2n) is 5.77. The van der Waals surface area contributed by atoms with Crippen LogP contribution in [0.1, 0.15) is 24.4 Å². The number of carbonyl (C=O) groups excluding carboxylic acids is 1. The maximum Gasteiger partial charge on any atom is 0.261 e. The van der Waals surface area contributed by atoms with Gasteiger partial charge in [0, 0.05) is 17.6 Å². The maximum absolute atomic E-state index is 12.6. The second kappa shape index (κ2) is 7.58. The standard InChI is InChI=1S/C19H20ClNO3/c1-23-16-7-3-8-17(12-16)24-13-19(22)21-10-4-9-18(21)14-5-2-6-15(20)11-14/h2-3,5-8,11-12,18H,4,9-10,13H2,1H3. The summed E-state index contributed by atoms with van der Waals surface area (Å²) in [4.78, 5) is 14.5. The van der Waals surface area contributed by atoms with Gasteiger partial charge in [0.15, 0.2) is 6.61 Å². The van der Waals surface area contributed by atoms with Crippen molar-refractivity contribution in [3.8, 4) is 11.5 Å². The van der Waals surface area contributed by atoms with Gasteiger partial charge in [-0.2, -0.15) is 0 Å². The van der Waals surface area contributed by atoms with E-state index in [1.54, 1.807) is 13.2 Å². The first-order chi connectivity index (χ1) is 11.7. The molecule has 1 fully saturated rings. The number of hydrogen-bond donors (Lipinski definition) is 0. The van der Waals surface area contributed by atoms with Crippen LogP contribution in [0, 0.1) is 0 Å². The molecule has 5 heteroatoms. The highest BCUT2D eigenvalue weighted by Crippen LogP contribution is 2.33. The van der Waals surface area contributed by atoms with Crippen LogP contribution in [0.3, 0.4) is 0 Å². The second-order valence-corrected chi connectivity index (χ2v) is 6.20. The highest BCUT2D eigenvalue weighted by atomic mass is 35.5. The molecule has 1 aliphatic heterocycles. The fraction of sp³-hybridized carbons (Fsp3) is 0.316. The van der Waals surface area contributed by atoms with Gasteiger partial charge in [-0.3, -0.25) is 4.79 Å². The van der Waals surface area contributed by atoms with Crippen LogP contribution in [0.2, 0.25) is 5.02 Å². The monoisotopic (exact) mass is 345 g/mol. The van der Waals surface area contributed by atoms with E-state index in [9.17, 15) is 4.79 Å². The molecule has 0 bridgehead atoms. The van der Waals surface area contributed by atoms with Crippen LogP contribution < -0.4 is 9.47 Å². The fourth-order valence-electron chi connectivity index (χ4n) is 3.04. The average molecular weight is 346 g/mol. The number of halogens is 1. The van der Waals surface area contributed by atoms with Crippen LogP contribution in [0.15, 0.2) is 48.5 Å². The van der Waals surface area contributed by atoms with Gasteiger partial charge >= 0.3 is 0 Å². The van der Waals surface area contributed by atoms with E-state index in [2.05, 4.69) is 0 Å². The molecule has 1 saturated heterocycles. The lowest BCUT2D eigenvalue weighted by atomic mass is 10.0. The molecule has 1 amide bonds. The van der Waals surface area contributed by atoms with Crippen molar-refractivity contribution < 1.29 is 14.3 Å². The van der Waals surface area contributed by atoms with Gasteiger partial charge in [-0.05, 0) is 42.7 Å². The summed E-state index contributed by atoms with van der Waals surface area (Å²) in [5, 5.41) is 0.694. The summed E-state index contributed by atoms with van der Waals surface area (Å²) in [6, 6.07) is 15.0. The number of methoxy groups -OCH3 is 1. The third-order valence-electron chi connectivity index (χ3n) is 4.21. The van der Waals surface area contributed by atoms with Crippen LogP contribution in [0.25, 0.3) is 0 Å². The molecule has 2 aromatic rings. The van der Waals surface area contributed by atoms with Gasteiger partial charge in [0.05, 0.1) is 13.2 Å². The number of likely N-dealkylation sites (tertiary alicyclic amines) is 1. The van der Waals surface area contributed by atoms with Crippen molar-refractivity contribution in [3.63, 3.8) is 0 Å². The summed E-state index contributed by atoms with van der Waals surface area (Å²) in [5.74, 6) is 1.32. The van der Waals surface area contributed by atoms with E-state index in [0.29, 0.717) is 16.5 Å². The molecule has 4 nitrogen and oxygen atoms in total. The quantitative estimate of drug-likeness (QED) is 0.819. The first-order valence-electron chi connectivity index (χ1n) is 7.99. The summed E-state index contributed by atoms with van der Waals surface area (Å²) < 4.78 is 10.8. The highest BCUT2D eigenvalue weighted by Gasteiger charge is 2.30. The van der Waals surface area contributed by atoms with Crippen molar-refractivity contribution in [2.75, 3.05) is 20.3 Å². The zero-order valence-electron chi connectivity index (χ0n) is 13.6. The topological polar surface area (TPSA) is 38.8 Å². The molecule has 0 saturated carbocycles. The Hall–Kier alpha value is -2.20. The van der Waals surface area contributed by atoms with E-state index in [4.69, 9.17) is 21.1 Å². The minimum atomic E-state index is -0.0136. The number of benzene rings is 2. The summed E-state index contributed by atoms with van der Waals surface area (Å²) in [5.41, 5.74) is 1.08. The molecule has 0 radical (unpaired) electrons. The SMILES string of the molecule is COc1cccc(OCC(=O)N2CCCC2c2cccc(Cl)c2)c1. The number of rotatable bonds is 5. The molecule has 1 heterocycles. The van der Waals surface area contributed by atoms with Gasteiger partial charge in [0.2, 0.25) is 0 Å². The Morgan fingerprint density at radius 2 is 2.00 bits per heavy atom. The van der Waals surface area contributed by atoms with Gasteiger partial charge in [-0.15, -0.1) is 0 Å². The summed E-state index contributed by atoms with van der Waals surface area (Å²) in [7, 11) is 1.60. The Morgan fingerprint density at radius 1 is 1.21 bits per heavy atom. The molecule has 1 atom stereocenters. The minimum absolute atomic E-state index is 0.0136. The van der Waals surface area contributed by atoms with Crippen LogP contribution in [-0.4, -0.2) is 31.1 Å². The molecule has 0 spiro atoms. The van der Waals surface area contributed by atoms with E-state index in [1.807, 2.05) is 47.4 Å². The predicted octanol–water partition coefficient (Wildman–Crippen LogP) is 4.09. The molecule has 0 aliphatic carbocycles. The van der Waals surface area contributed by atoms with Crippen LogP contribution in [-0.2, 0) is 4.79 Å². The number of hydrogen-bond acceptors (Lipinski definition) is 3. The molecule has 24 heavy (non-hydrogen) atoms. The summed E-state index contributed by atoms with van der Waals surface area (Å²) >= 11 is 6.08. The Bertz CT molecular complexity index is 719. The molecule has 2 aromatic carbocycles. The maximum atomic E-state index is 12.6. The molecular weight excluding hydrogens is 326 g/mol. The third kappa shape index (κ3) is 3.82. The lowest BCUT2D eigenvalue weighted by Gasteiger charge is -2.25. The summed E-state index contributed by atoms with van der Waals surface area (Å²) in [6.45, 7) is 0.766. The smallest absolute Gasteiger partial charge is 0.261 e. The summed E-state index contributed by atoms with van der Waals surface area (Å²) in [6.07, 6.45) is 1.94. The fourth-order valence-corrected chi connectivity index (χ4v) is 3.24.